The molecule has 0 bridgehead atoms. The third-order valence-corrected chi connectivity index (χ3v) is 5.97. The van der Waals surface area contributed by atoms with Crippen molar-refractivity contribution >= 4 is 0 Å². The van der Waals surface area contributed by atoms with Crippen molar-refractivity contribution < 1.29 is 52.1 Å². The molecular formula is C33H60O11. The number of hydrogen-bond donors (Lipinski definition) is 0. The van der Waals surface area contributed by atoms with Crippen molar-refractivity contribution in [3.8, 4) is 0 Å². The average Bonchev–Trinajstić information content (AvgIpc) is 3.05. The highest BCUT2D eigenvalue weighted by Gasteiger charge is 1.97. The number of rotatable bonds is 37. The van der Waals surface area contributed by atoms with E-state index in [2.05, 4.69) is 6.92 Å². The van der Waals surface area contributed by atoms with E-state index < -0.39 is 0 Å². The molecule has 44 heavy (non-hydrogen) atoms. The Balaban J connectivity index is 1.61. The van der Waals surface area contributed by atoms with E-state index in [0.717, 1.165) is 18.6 Å². The average molecular weight is 633 g/mol. The van der Waals surface area contributed by atoms with Crippen LogP contribution < -0.4 is 0 Å². The monoisotopic (exact) mass is 632 g/mol. The minimum atomic E-state index is 0.521. The van der Waals surface area contributed by atoms with Crippen LogP contribution in [-0.4, -0.2) is 139 Å². The van der Waals surface area contributed by atoms with Gasteiger partial charge in [-0.2, -0.15) is 0 Å². The van der Waals surface area contributed by atoms with E-state index in [4.69, 9.17) is 52.1 Å². The first-order valence-corrected chi connectivity index (χ1v) is 16.3. The fourth-order valence-corrected chi connectivity index (χ4v) is 3.59. The normalized spacial score (nSPS) is 11.5. The van der Waals surface area contributed by atoms with Crippen LogP contribution in [0.1, 0.15) is 38.2 Å². The predicted octanol–water partition coefficient (Wildman–Crippen LogP) is 3.95. The smallest absolute Gasteiger partial charge is 0.0718 e. The molecule has 0 saturated carbocycles. The van der Waals surface area contributed by atoms with E-state index in [-0.39, 0.29) is 0 Å². The molecular weight excluding hydrogens is 572 g/mol. The summed E-state index contributed by atoms with van der Waals surface area (Å²) in [6.45, 7) is 14.5. The van der Waals surface area contributed by atoms with E-state index in [1.54, 1.807) is 0 Å². The lowest BCUT2D eigenvalue weighted by molar-refractivity contribution is -0.0277. The summed E-state index contributed by atoms with van der Waals surface area (Å²) in [6.07, 6.45) is 4.90. The molecule has 1 rings (SSSR count). The molecule has 0 aliphatic carbocycles. The molecule has 1 aromatic carbocycles. The van der Waals surface area contributed by atoms with E-state index in [9.17, 15) is 0 Å². The Morgan fingerprint density at radius 1 is 0.318 bits per heavy atom. The lowest BCUT2D eigenvalue weighted by atomic mass is 10.2. The molecule has 0 aliphatic rings. The Morgan fingerprint density at radius 3 is 0.932 bits per heavy atom. The van der Waals surface area contributed by atoms with Gasteiger partial charge in [0.15, 0.2) is 0 Å². The Bertz CT molecular complexity index is 654. The highest BCUT2D eigenvalue weighted by atomic mass is 16.6. The van der Waals surface area contributed by atoms with Crippen molar-refractivity contribution in [3.63, 3.8) is 0 Å². The first kappa shape index (κ1) is 40.8. The van der Waals surface area contributed by atoms with Gasteiger partial charge in [-0.25, -0.2) is 0 Å². The minimum absolute atomic E-state index is 0.521. The van der Waals surface area contributed by atoms with Crippen molar-refractivity contribution in [2.45, 2.75) is 39.2 Å². The molecule has 0 heterocycles. The second-order valence-electron chi connectivity index (χ2n) is 9.72. The maximum absolute atomic E-state index is 5.57. The van der Waals surface area contributed by atoms with Crippen LogP contribution >= 0.6 is 0 Å². The third-order valence-electron chi connectivity index (χ3n) is 5.97. The largest absolute Gasteiger partial charge is 0.379 e. The summed E-state index contributed by atoms with van der Waals surface area (Å²) in [7, 11) is 0. The highest BCUT2D eigenvalue weighted by molar-refractivity contribution is 5.13. The number of benzene rings is 1. The molecule has 0 unspecified atom stereocenters. The van der Waals surface area contributed by atoms with Crippen LogP contribution in [0.2, 0.25) is 0 Å². The van der Waals surface area contributed by atoms with E-state index in [1.807, 2.05) is 30.3 Å². The summed E-state index contributed by atoms with van der Waals surface area (Å²) in [5.41, 5.74) is 1.16. The molecule has 0 amide bonds. The summed E-state index contributed by atoms with van der Waals surface area (Å²) in [5, 5.41) is 0. The van der Waals surface area contributed by atoms with E-state index in [0.29, 0.717) is 139 Å². The fraction of sp³-hybridized carbons (Fsp3) is 0.818. The summed E-state index contributed by atoms with van der Waals surface area (Å²) in [5.74, 6) is 0. The minimum Gasteiger partial charge on any atom is -0.379 e. The van der Waals surface area contributed by atoms with Gasteiger partial charge in [0.05, 0.1) is 139 Å². The fourth-order valence-electron chi connectivity index (χ4n) is 3.59. The first-order chi connectivity index (χ1) is 21.9. The number of hydrogen-bond acceptors (Lipinski definition) is 11. The van der Waals surface area contributed by atoms with Gasteiger partial charge in [0, 0.05) is 6.61 Å². The van der Waals surface area contributed by atoms with Crippen molar-refractivity contribution in [2.75, 3.05) is 139 Å². The molecule has 0 fully saturated rings. The second-order valence-corrected chi connectivity index (χ2v) is 9.72. The Labute approximate surface area is 266 Å². The summed E-state index contributed by atoms with van der Waals surface area (Å²) in [4.78, 5) is 0. The molecule has 0 spiro atoms. The lowest BCUT2D eigenvalue weighted by Gasteiger charge is -2.09. The molecule has 0 saturated heterocycles. The molecule has 1 aromatic rings. The third kappa shape index (κ3) is 32.2. The van der Waals surface area contributed by atoms with Crippen molar-refractivity contribution in [1.82, 2.24) is 0 Å². The standard InChI is InChI=1S/C33H60O11/c1-2-3-4-8-11-34-12-13-35-14-15-36-16-17-37-18-19-38-20-21-39-22-23-40-24-25-41-26-27-42-28-29-43-30-31-44-32-33-9-6-5-7-10-33/h5-7,9-10H,2-4,8,11-32H2,1H3. The maximum Gasteiger partial charge on any atom is 0.0718 e. The van der Waals surface area contributed by atoms with Crippen LogP contribution in [0.15, 0.2) is 30.3 Å². The predicted molar refractivity (Wildman–Crippen MR) is 168 cm³/mol. The summed E-state index contributed by atoms with van der Waals surface area (Å²) in [6, 6.07) is 10.1. The zero-order valence-electron chi connectivity index (χ0n) is 27.3. The lowest BCUT2D eigenvalue weighted by Crippen LogP contribution is -2.15. The van der Waals surface area contributed by atoms with Gasteiger partial charge in [0.1, 0.15) is 0 Å². The summed E-state index contributed by atoms with van der Waals surface area (Å²) < 4.78 is 60.5. The van der Waals surface area contributed by atoms with Gasteiger partial charge in [-0.1, -0.05) is 56.5 Å². The summed E-state index contributed by atoms with van der Waals surface area (Å²) >= 11 is 0. The number of ether oxygens (including phenoxy) is 11. The zero-order valence-corrected chi connectivity index (χ0v) is 27.3. The van der Waals surface area contributed by atoms with Gasteiger partial charge < -0.3 is 52.1 Å². The molecule has 11 heteroatoms. The van der Waals surface area contributed by atoms with Crippen molar-refractivity contribution in [3.05, 3.63) is 35.9 Å². The van der Waals surface area contributed by atoms with E-state index in [1.165, 1.54) is 19.3 Å². The Kier molecular flexibility index (Phi) is 33.6. The van der Waals surface area contributed by atoms with Crippen LogP contribution in [0.4, 0.5) is 0 Å². The van der Waals surface area contributed by atoms with Gasteiger partial charge in [0.25, 0.3) is 0 Å². The molecule has 0 N–H and O–H groups in total. The van der Waals surface area contributed by atoms with Crippen molar-refractivity contribution in [1.29, 1.82) is 0 Å². The van der Waals surface area contributed by atoms with Crippen LogP contribution in [0, 0.1) is 0 Å². The molecule has 0 aromatic heterocycles. The first-order valence-electron chi connectivity index (χ1n) is 16.3. The van der Waals surface area contributed by atoms with Crippen molar-refractivity contribution in [2.24, 2.45) is 0 Å². The molecule has 258 valence electrons. The highest BCUT2D eigenvalue weighted by Crippen LogP contribution is 2.00. The van der Waals surface area contributed by atoms with Gasteiger partial charge in [-0.05, 0) is 12.0 Å². The quantitative estimate of drug-likeness (QED) is 0.0997. The molecule has 11 nitrogen and oxygen atoms in total. The van der Waals surface area contributed by atoms with Gasteiger partial charge in [0.2, 0.25) is 0 Å². The Hall–Kier alpha value is -1.22. The molecule has 0 aliphatic heterocycles. The SMILES string of the molecule is CCCCCCOCCOCCOCCOCCOCCOCCOCCOCCOCCOCCOCc1ccccc1. The van der Waals surface area contributed by atoms with Gasteiger partial charge in [-0.15, -0.1) is 0 Å². The van der Waals surface area contributed by atoms with Crippen LogP contribution in [0.5, 0.6) is 0 Å². The molecule has 0 atom stereocenters. The second kappa shape index (κ2) is 36.3. The topological polar surface area (TPSA) is 102 Å². The van der Waals surface area contributed by atoms with Crippen LogP contribution in [-0.2, 0) is 58.7 Å². The van der Waals surface area contributed by atoms with Crippen LogP contribution in [0.3, 0.4) is 0 Å². The van der Waals surface area contributed by atoms with Gasteiger partial charge in [-0.3, -0.25) is 0 Å². The Morgan fingerprint density at radius 2 is 0.614 bits per heavy atom. The van der Waals surface area contributed by atoms with Gasteiger partial charge >= 0.3 is 0 Å². The number of unbranched alkanes of at least 4 members (excludes halogenated alkanes) is 3. The zero-order chi connectivity index (χ0) is 31.3. The molecule has 0 radical (unpaired) electrons. The van der Waals surface area contributed by atoms with E-state index >= 15 is 0 Å². The van der Waals surface area contributed by atoms with Crippen LogP contribution in [0.25, 0.3) is 0 Å². The maximum atomic E-state index is 5.57.